The number of primary amides is 1. The molecular formula is C22H24N6O3. The summed E-state index contributed by atoms with van der Waals surface area (Å²) in [6.07, 6.45) is 1.12. The molecule has 0 saturated carbocycles. The van der Waals surface area contributed by atoms with Crippen molar-refractivity contribution in [2.24, 2.45) is 5.73 Å². The minimum absolute atomic E-state index is 0.167. The van der Waals surface area contributed by atoms with Crippen LogP contribution in [-0.2, 0) is 9.53 Å². The van der Waals surface area contributed by atoms with Crippen molar-refractivity contribution in [1.29, 1.82) is 0 Å². The summed E-state index contributed by atoms with van der Waals surface area (Å²) in [7, 11) is 1.61. The zero-order chi connectivity index (χ0) is 22.2. The molecule has 0 aliphatic rings. The smallest absolute Gasteiger partial charge is 0.254 e. The Morgan fingerprint density at radius 2 is 1.84 bits per heavy atom. The number of carbonyl (C=O) groups is 2. The Hall–Kier alpha value is -3.98. The minimum Gasteiger partial charge on any atom is -0.375 e. The molecule has 5 N–H and O–H groups in total. The Morgan fingerprint density at radius 3 is 2.52 bits per heavy atom. The molecule has 3 aromatic rings. The van der Waals surface area contributed by atoms with Gasteiger partial charge in [0.2, 0.25) is 11.9 Å². The van der Waals surface area contributed by atoms with Crippen LogP contribution >= 0.6 is 0 Å². The molecule has 31 heavy (non-hydrogen) atoms. The van der Waals surface area contributed by atoms with Crippen molar-refractivity contribution in [2.75, 3.05) is 29.6 Å². The van der Waals surface area contributed by atoms with Crippen molar-refractivity contribution in [3.05, 3.63) is 71.9 Å². The SMILES string of the molecule is COC(CNc1nc(Nc2cccc(NC(C)=O)c2)ncc1C(N)=O)c1ccccc1. The van der Waals surface area contributed by atoms with E-state index >= 15 is 0 Å². The predicted molar refractivity (Wildman–Crippen MR) is 119 cm³/mol. The van der Waals surface area contributed by atoms with Gasteiger partial charge in [0.1, 0.15) is 5.82 Å². The van der Waals surface area contributed by atoms with E-state index in [9.17, 15) is 9.59 Å². The molecule has 0 bridgehead atoms. The fourth-order valence-corrected chi connectivity index (χ4v) is 2.96. The van der Waals surface area contributed by atoms with Crippen LogP contribution in [0.3, 0.4) is 0 Å². The topological polar surface area (TPSA) is 131 Å². The van der Waals surface area contributed by atoms with E-state index in [1.165, 1.54) is 13.1 Å². The van der Waals surface area contributed by atoms with Crippen LogP contribution in [0.5, 0.6) is 0 Å². The molecule has 3 rings (SSSR count). The fourth-order valence-electron chi connectivity index (χ4n) is 2.96. The summed E-state index contributed by atoms with van der Waals surface area (Å²) in [5.74, 6) is -0.255. The first-order chi connectivity index (χ1) is 15.0. The van der Waals surface area contributed by atoms with E-state index in [-0.39, 0.29) is 23.5 Å². The van der Waals surface area contributed by atoms with Gasteiger partial charge >= 0.3 is 0 Å². The molecule has 0 aliphatic heterocycles. The number of nitrogens with two attached hydrogens (primary N) is 1. The van der Waals surface area contributed by atoms with Crippen LogP contribution in [-0.4, -0.2) is 35.4 Å². The zero-order valence-electron chi connectivity index (χ0n) is 17.3. The van der Waals surface area contributed by atoms with Gasteiger partial charge in [0.25, 0.3) is 5.91 Å². The molecule has 1 heterocycles. The lowest BCUT2D eigenvalue weighted by Crippen LogP contribution is -2.20. The highest BCUT2D eigenvalue weighted by Gasteiger charge is 2.16. The number of methoxy groups -OCH3 is 1. The summed E-state index contributed by atoms with van der Waals surface area (Å²) < 4.78 is 5.56. The number of rotatable bonds is 9. The summed E-state index contributed by atoms with van der Waals surface area (Å²) in [5.41, 5.74) is 7.94. The van der Waals surface area contributed by atoms with E-state index in [1.807, 2.05) is 30.3 Å². The van der Waals surface area contributed by atoms with Crippen LogP contribution in [0.2, 0.25) is 0 Å². The monoisotopic (exact) mass is 420 g/mol. The summed E-state index contributed by atoms with van der Waals surface area (Å²) in [4.78, 5) is 31.7. The van der Waals surface area contributed by atoms with Crippen LogP contribution < -0.4 is 21.7 Å². The van der Waals surface area contributed by atoms with Gasteiger partial charge < -0.3 is 26.4 Å². The second-order valence-electron chi connectivity index (χ2n) is 6.72. The highest BCUT2D eigenvalue weighted by molar-refractivity contribution is 5.97. The van der Waals surface area contributed by atoms with Gasteiger partial charge in [-0.2, -0.15) is 4.98 Å². The third-order valence-corrected chi connectivity index (χ3v) is 4.40. The number of benzene rings is 2. The Labute approximate surface area is 180 Å². The first kappa shape index (κ1) is 21.7. The largest absolute Gasteiger partial charge is 0.375 e. The van der Waals surface area contributed by atoms with Crippen molar-refractivity contribution in [2.45, 2.75) is 13.0 Å². The fraction of sp³-hybridized carbons (Fsp3) is 0.182. The van der Waals surface area contributed by atoms with E-state index in [2.05, 4.69) is 25.9 Å². The first-order valence-electron chi connectivity index (χ1n) is 9.59. The Morgan fingerprint density at radius 1 is 1.10 bits per heavy atom. The second-order valence-corrected chi connectivity index (χ2v) is 6.72. The van der Waals surface area contributed by atoms with Crippen LogP contribution in [0.4, 0.5) is 23.1 Å². The van der Waals surface area contributed by atoms with Gasteiger partial charge in [-0.25, -0.2) is 4.98 Å². The van der Waals surface area contributed by atoms with E-state index in [1.54, 1.807) is 31.4 Å². The number of hydrogen-bond donors (Lipinski definition) is 4. The molecule has 160 valence electrons. The molecule has 0 saturated heterocycles. The van der Waals surface area contributed by atoms with Gasteiger partial charge in [-0.15, -0.1) is 0 Å². The van der Waals surface area contributed by atoms with Crippen molar-refractivity contribution in [3.63, 3.8) is 0 Å². The van der Waals surface area contributed by atoms with Crippen molar-refractivity contribution >= 4 is 35.0 Å². The highest BCUT2D eigenvalue weighted by Crippen LogP contribution is 2.22. The van der Waals surface area contributed by atoms with Gasteiger partial charge in [-0.05, 0) is 23.8 Å². The molecule has 0 spiro atoms. The maximum Gasteiger partial charge on any atom is 0.254 e. The zero-order valence-corrected chi connectivity index (χ0v) is 17.3. The summed E-state index contributed by atoms with van der Waals surface area (Å²) in [6, 6.07) is 16.8. The second kappa shape index (κ2) is 10.2. The summed E-state index contributed by atoms with van der Waals surface area (Å²) in [5, 5.41) is 8.91. The molecular weight excluding hydrogens is 396 g/mol. The molecule has 1 aromatic heterocycles. The molecule has 0 radical (unpaired) electrons. The van der Waals surface area contributed by atoms with Gasteiger partial charge in [0.15, 0.2) is 0 Å². The van der Waals surface area contributed by atoms with Gasteiger partial charge in [-0.1, -0.05) is 36.4 Å². The van der Waals surface area contributed by atoms with Crippen LogP contribution in [0.25, 0.3) is 0 Å². The molecule has 1 atom stereocenters. The number of anilines is 4. The van der Waals surface area contributed by atoms with E-state index in [0.29, 0.717) is 23.7 Å². The Kier molecular flexibility index (Phi) is 7.13. The number of carbonyl (C=O) groups excluding carboxylic acids is 2. The molecule has 1 unspecified atom stereocenters. The minimum atomic E-state index is -0.643. The van der Waals surface area contributed by atoms with Gasteiger partial charge in [-0.3, -0.25) is 9.59 Å². The number of nitrogens with one attached hydrogen (secondary N) is 3. The third-order valence-electron chi connectivity index (χ3n) is 4.40. The van der Waals surface area contributed by atoms with Crippen LogP contribution in [0.1, 0.15) is 28.9 Å². The Bertz CT molecular complexity index is 1060. The third kappa shape index (κ3) is 6.00. The number of aromatic nitrogens is 2. The quantitative estimate of drug-likeness (QED) is 0.418. The lowest BCUT2D eigenvalue weighted by atomic mass is 10.1. The molecule has 2 aromatic carbocycles. The number of ether oxygens (including phenoxy) is 1. The first-order valence-corrected chi connectivity index (χ1v) is 9.59. The molecule has 9 heteroatoms. The van der Waals surface area contributed by atoms with Crippen LogP contribution in [0.15, 0.2) is 60.8 Å². The molecule has 9 nitrogen and oxygen atoms in total. The van der Waals surface area contributed by atoms with E-state index < -0.39 is 5.91 Å². The highest BCUT2D eigenvalue weighted by atomic mass is 16.5. The normalized spacial score (nSPS) is 11.4. The molecule has 0 fully saturated rings. The standard InChI is InChI=1S/C22H24N6O3/c1-14(29)26-16-9-6-10-17(11-16)27-22-25-12-18(20(23)30)21(28-22)24-13-19(31-2)15-7-4-3-5-8-15/h3-12,19H,13H2,1-2H3,(H2,23,30)(H,26,29)(H2,24,25,27,28). The lowest BCUT2D eigenvalue weighted by molar-refractivity contribution is -0.114. The maximum absolute atomic E-state index is 11.8. The Balaban J connectivity index is 1.79. The van der Waals surface area contributed by atoms with Gasteiger partial charge in [0, 0.05) is 38.1 Å². The van der Waals surface area contributed by atoms with Crippen LogP contribution in [0, 0.1) is 0 Å². The predicted octanol–water partition coefficient (Wildman–Crippen LogP) is 3.08. The number of amides is 2. The number of hydrogen-bond acceptors (Lipinski definition) is 7. The lowest BCUT2D eigenvalue weighted by Gasteiger charge is -2.18. The maximum atomic E-state index is 11.8. The molecule has 2 amide bonds. The van der Waals surface area contributed by atoms with Crippen molar-refractivity contribution in [1.82, 2.24) is 9.97 Å². The van der Waals surface area contributed by atoms with Gasteiger partial charge in [0.05, 0.1) is 11.7 Å². The average Bonchev–Trinajstić information content (AvgIpc) is 2.75. The summed E-state index contributed by atoms with van der Waals surface area (Å²) >= 11 is 0. The van der Waals surface area contributed by atoms with Crippen molar-refractivity contribution < 1.29 is 14.3 Å². The summed E-state index contributed by atoms with van der Waals surface area (Å²) in [6.45, 7) is 1.81. The molecule has 0 aliphatic carbocycles. The van der Waals surface area contributed by atoms with E-state index in [4.69, 9.17) is 10.5 Å². The number of nitrogens with zero attached hydrogens (tertiary/aromatic N) is 2. The van der Waals surface area contributed by atoms with Crippen molar-refractivity contribution in [3.8, 4) is 0 Å². The van der Waals surface area contributed by atoms with E-state index in [0.717, 1.165) is 5.56 Å². The average molecular weight is 420 g/mol.